The Bertz CT molecular complexity index is 742. The van der Waals surface area contributed by atoms with Gasteiger partial charge in [-0.3, -0.25) is 0 Å². The van der Waals surface area contributed by atoms with Crippen molar-refractivity contribution < 1.29 is 28.5 Å². The van der Waals surface area contributed by atoms with Crippen LogP contribution in [0, 0.1) is 3.57 Å². The van der Waals surface area contributed by atoms with Crippen molar-refractivity contribution in [3.63, 3.8) is 0 Å². The van der Waals surface area contributed by atoms with Gasteiger partial charge in [-0.15, -0.1) is 0 Å². The first-order valence-corrected chi connectivity index (χ1v) is 8.45. The molecule has 7 heteroatoms. The van der Waals surface area contributed by atoms with Crippen LogP contribution < -0.4 is 9.47 Å². The van der Waals surface area contributed by atoms with Crippen molar-refractivity contribution in [3.05, 3.63) is 57.2 Å². The van der Waals surface area contributed by atoms with E-state index in [2.05, 4.69) is 22.6 Å². The minimum Gasteiger partial charge on any atom is -0.496 e. The lowest BCUT2D eigenvalue weighted by Crippen LogP contribution is -2.11. The Morgan fingerprint density at radius 2 is 1.60 bits per heavy atom. The molecule has 2 rings (SSSR count). The van der Waals surface area contributed by atoms with Crippen LogP contribution in [0.2, 0.25) is 0 Å². The molecule has 0 amide bonds. The first-order chi connectivity index (χ1) is 12.0. The maximum Gasteiger partial charge on any atom is 0.343 e. The quantitative estimate of drug-likeness (QED) is 0.276. The van der Waals surface area contributed by atoms with Gasteiger partial charge in [-0.05, 0) is 65.1 Å². The summed E-state index contributed by atoms with van der Waals surface area (Å²) in [5.41, 5.74) is 0.781. The number of benzene rings is 2. The molecule has 0 saturated heterocycles. The number of carbonyl (C=O) groups excluding carboxylic acids is 2. The number of esters is 2. The van der Waals surface area contributed by atoms with Crippen molar-refractivity contribution in [2.75, 3.05) is 27.4 Å². The minimum atomic E-state index is -0.490. The number of rotatable bonds is 7. The van der Waals surface area contributed by atoms with E-state index >= 15 is 0 Å². The van der Waals surface area contributed by atoms with Crippen molar-refractivity contribution in [1.29, 1.82) is 0 Å². The van der Waals surface area contributed by atoms with E-state index in [0.717, 1.165) is 3.57 Å². The van der Waals surface area contributed by atoms with Crippen molar-refractivity contribution in [2.45, 2.75) is 0 Å². The van der Waals surface area contributed by atoms with E-state index in [0.29, 0.717) is 29.2 Å². The molecule has 0 aromatic heterocycles. The lowest BCUT2D eigenvalue weighted by molar-refractivity contribution is 0.0388. The zero-order valence-electron chi connectivity index (χ0n) is 13.8. The number of ether oxygens (including phenoxy) is 4. The van der Waals surface area contributed by atoms with E-state index in [9.17, 15) is 9.59 Å². The molecule has 0 aliphatic rings. The van der Waals surface area contributed by atoms with Crippen LogP contribution in [-0.2, 0) is 9.47 Å². The normalized spacial score (nSPS) is 10.2. The van der Waals surface area contributed by atoms with Crippen molar-refractivity contribution in [1.82, 2.24) is 0 Å². The highest BCUT2D eigenvalue weighted by atomic mass is 127. The second kappa shape index (κ2) is 9.38. The van der Waals surface area contributed by atoms with Crippen LogP contribution in [0.4, 0.5) is 0 Å². The Labute approximate surface area is 159 Å². The fourth-order valence-electron chi connectivity index (χ4n) is 1.92. The van der Waals surface area contributed by atoms with Gasteiger partial charge in [0.05, 0.1) is 28.4 Å². The molecule has 0 aliphatic carbocycles. The van der Waals surface area contributed by atoms with Gasteiger partial charge in [0.2, 0.25) is 0 Å². The van der Waals surface area contributed by atoms with Gasteiger partial charge in [0.15, 0.2) is 0 Å². The lowest BCUT2D eigenvalue weighted by atomic mass is 10.2. The topological polar surface area (TPSA) is 71.1 Å². The first kappa shape index (κ1) is 19.2. The van der Waals surface area contributed by atoms with Crippen LogP contribution in [0.15, 0.2) is 42.5 Å². The van der Waals surface area contributed by atoms with Gasteiger partial charge in [0, 0.05) is 7.11 Å². The SMILES string of the molecule is COCCOC(=O)c1ccc(OC(=O)c2ccc(OC)c(I)c2)cc1. The van der Waals surface area contributed by atoms with E-state index in [4.69, 9.17) is 18.9 Å². The molecule has 2 aromatic carbocycles. The molecular weight excluding hydrogens is 439 g/mol. The Morgan fingerprint density at radius 1 is 0.920 bits per heavy atom. The van der Waals surface area contributed by atoms with Gasteiger partial charge in [0.25, 0.3) is 0 Å². The number of halogens is 1. The van der Waals surface area contributed by atoms with Crippen molar-refractivity contribution in [3.8, 4) is 11.5 Å². The summed E-state index contributed by atoms with van der Waals surface area (Å²) < 4.78 is 21.1. The summed E-state index contributed by atoms with van der Waals surface area (Å²) in [5, 5.41) is 0. The Kier molecular flexibility index (Phi) is 7.20. The maximum absolute atomic E-state index is 12.2. The molecule has 0 heterocycles. The molecule has 0 bridgehead atoms. The first-order valence-electron chi connectivity index (χ1n) is 7.37. The zero-order chi connectivity index (χ0) is 18.2. The lowest BCUT2D eigenvalue weighted by Gasteiger charge is -2.08. The average Bonchev–Trinajstić information content (AvgIpc) is 2.62. The van der Waals surface area contributed by atoms with Crippen molar-refractivity contribution in [2.24, 2.45) is 0 Å². The molecule has 0 radical (unpaired) electrons. The van der Waals surface area contributed by atoms with Gasteiger partial charge in [-0.1, -0.05) is 0 Å². The molecule has 0 atom stereocenters. The predicted molar refractivity (Wildman–Crippen MR) is 99.3 cm³/mol. The minimum absolute atomic E-state index is 0.183. The van der Waals surface area contributed by atoms with E-state index in [1.165, 1.54) is 19.2 Å². The van der Waals surface area contributed by atoms with Crippen LogP contribution in [0.5, 0.6) is 11.5 Å². The van der Waals surface area contributed by atoms with Crippen LogP contribution in [0.3, 0.4) is 0 Å². The molecule has 132 valence electrons. The predicted octanol–water partition coefficient (Wildman–Crippen LogP) is 3.32. The van der Waals surface area contributed by atoms with E-state index in [1.54, 1.807) is 37.4 Å². The molecule has 0 saturated carbocycles. The molecule has 0 aliphatic heterocycles. The molecule has 6 nitrogen and oxygen atoms in total. The van der Waals surface area contributed by atoms with Gasteiger partial charge in [-0.2, -0.15) is 0 Å². The number of carbonyl (C=O) groups is 2. The Balaban J connectivity index is 1.99. The highest BCUT2D eigenvalue weighted by Crippen LogP contribution is 2.22. The van der Waals surface area contributed by atoms with Crippen LogP contribution in [-0.4, -0.2) is 39.4 Å². The molecular formula is C18H17IO6. The monoisotopic (exact) mass is 456 g/mol. The van der Waals surface area contributed by atoms with Crippen LogP contribution >= 0.6 is 22.6 Å². The van der Waals surface area contributed by atoms with Crippen LogP contribution in [0.1, 0.15) is 20.7 Å². The zero-order valence-corrected chi connectivity index (χ0v) is 15.9. The summed E-state index contributed by atoms with van der Waals surface area (Å²) in [7, 11) is 3.10. The molecule has 0 N–H and O–H groups in total. The van der Waals surface area contributed by atoms with E-state index < -0.39 is 11.9 Å². The van der Waals surface area contributed by atoms with Gasteiger partial charge < -0.3 is 18.9 Å². The van der Waals surface area contributed by atoms with E-state index in [-0.39, 0.29) is 6.61 Å². The summed E-state index contributed by atoms with van der Waals surface area (Å²) in [6, 6.07) is 11.2. The third kappa shape index (κ3) is 5.43. The summed E-state index contributed by atoms with van der Waals surface area (Å²) in [4.78, 5) is 24.0. The smallest absolute Gasteiger partial charge is 0.343 e. The molecule has 25 heavy (non-hydrogen) atoms. The third-order valence-corrected chi connectivity index (χ3v) is 4.05. The third-order valence-electron chi connectivity index (χ3n) is 3.21. The Hall–Kier alpha value is -2.13. The van der Waals surface area contributed by atoms with E-state index in [1.807, 2.05) is 0 Å². The standard InChI is InChI=1S/C18H17IO6/c1-22-9-10-24-17(20)12-3-6-14(7-4-12)25-18(21)13-5-8-16(23-2)15(19)11-13/h3-8,11H,9-10H2,1-2H3. The molecule has 2 aromatic rings. The fraction of sp³-hybridized carbons (Fsp3) is 0.222. The second-order valence-corrected chi connectivity index (χ2v) is 6.05. The van der Waals surface area contributed by atoms with Gasteiger partial charge >= 0.3 is 11.9 Å². The average molecular weight is 456 g/mol. The number of methoxy groups -OCH3 is 2. The molecule has 0 unspecified atom stereocenters. The molecule has 0 spiro atoms. The largest absolute Gasteiger partial charge is 0.496 e. The maximum atomic E-state index is 12.2. The summed E-state index contributed by atoms with van der Waals surface area (Å²) in [6.45, 7) is 0.518. The van der Waals surface area contributed by atoms with Gasteiger partial charge in [0.1, 0.15) is 18.1 Å². The van der Waals surface area contributed by atoms with Gasteiger partial charge in [-0.25, -0.2) is 9.59 Å². The second-order valence-electron chi connectivity index (χ2n) is 4.89. The van der Waals surface area contributed by atoms with Crippen molar-refractivity contribution >= 4 is 34.5 Å². The molecule has 0 fully saturated rings. The Morgan fingerprint density at radius 3 is 2.20 bits per heavy atom. The van der Waals surface area contributed by atoms with Crippen LogP contribution in [0.25, 0.3) is 0 Å². The highest BCUT2D eigenvalue weighted by molar-refractivity contribution is 14.1. The summed E-state index contributed by atoms with van der Waals surface area (Å²) in [6.07, 6.45) is 0. The summed E-state index contributed by atoms with van der Waals surface area (Å²) >= 11 is 2.08. The summed E-state index contributed by atoms with van der Waals surface area (Å²) in [5.74, 6) is 0.0772. The fourth-order valence-corrected chi connectivity index (χ4v) is 2.65. The highest BCUT2D eigenvalue weighted by Gasteiger charge is 2.12. The number of hydrogen-bond donors (Lipinski definition) is 0. The number of hydrogen-bond acceptors (Lipinski definition) is 6.